The Hall–Kier alpha value is -0.120. The minimum atomic E-state index is 0.584. The molecule has 0 amide bonds. The van der Waals surface area contributed by atoms with Crippen LogP contribution in [0.1, 0.15) is 33.6 Å². The van der Waals surface area contributed by atoms with E-state index in [9.17, 15) is 0 Å². The van der Waals surface area contributed by atoms with E-state index in [-0.39, 0.29) is 0 Å². The lowest BCUT2D eigenvalue weighted by molar-refractivity contribution is 0.117. The maximum Gasteiger partial charge on any atom is 0.0589 e. The van der Waals surface area contributed by atoms with Gasteiger partial charge in [-0.2, -0.15) is 0 Å². The Bertz CT molecular complexity index is 181. The molecule has 0 heterocycles. The van der Waals surface area contributed by atoms with Crippen LogP contribution in [0.15, 0.2) is 0 Å². The van der Waals surface area contributed by atoms with Crippen molar-refractivity contribution in [1.82, 2.24) is 10.2 Å². The van der Waals surface area contributed by atoms with Crippen LogP contribution in [0.5, 0.6) is 0 Å². The minimum Gasteiger partial charge on any atom is -0.383 e. The summed E-state index contributed by atoms with van der Waals surface area (Å²) in [5.41, 5.74) is 0. The number of nitrogens with one attached hydrogen (secondary N) is 1. The highest BCUT2D eigenvalue weighted by Gasteiger charge is 2.31. The zero-order valence-corrected chi connectivity index (χ0v) is 11.3. The molecule has 1 atom stereocenters. The second kappa shape index (κ2) is 7.25. The third-order valence-electron chi connectivity index (χ3n) is 3.41. The van der Waals surface area contributed by atoms with Crippen LogP contribution < -0.4 is 5.32 Å². The van der Waals surface area contributed by atoms with Gasteiger partial charge in [0.2, 0.25) is 0 Å². The molecule has 1 aliphatic rings. The van der Waals surface area contributed by atoms with E-state index in [0.29, 0.717) is 6.04 Å². The summed E-state index contributed by atoms with van der Waals surface area (Å²) in [6.07, 6.45) is 2.84. The summed E-state index contributed by atoms with van der Waals surface area (Å²) < 4.78 is 5.19. The SMILES string of the molecule is COCCN(CCNC(C)C)C(C)C1CC1. The number of ether oxygens (including phenoxy) is 1. The summed E-state index contributed by atoms with van der Waals surface area (Å²) in [5, 5.41) is 3.48. The third-order valence-corrected chi connectivity index (χ3v) is 3.41. The zero-order valence-electron chi connectivity index (χ0n) is 11.3. The Kier molecular flexibility index (Phi) is 6.32. The van der Waals surface area contributed by atoms with Gasteiger partial charge in [-0.3, -0.25) is 4.90 Å². The largest absolute Gasteiger partial charge is 0.383 e. The van der Waals surface area contributed by atoms with Gasteiger partial charge in [0, 0.05) is 38.8 Å². The van der Waals surface area contributed by atoms with E-state index >= 15 is 0 Å². The number of hydrogen-bond acceptors (Lipinski definition) is 3. The van der Waals surface area contributed by atoms with Crippen molar-refractivity contribution >= 4 is 0 Å². The zero-order chi connectivity index (χ0) is 12.0. The van der Waals surface area contributed by atoms with Crippen LogP contribution in [0.2, 0.25) is 0 Å². The highest BCUT2D eigenvalue weighted by Crippen LogP contribution is 2.34. The summed E-state index contributed by atoms with van der Waals surface area (Å²) in [6.45, 7) is 10.9. The molecule has 0 radical (unpaired) electrons. The van der Waals surface area contributed by atoms with Crippen LogP contribution in [-0.4, -0.2) is 50.3 Å². The van der Waals surface area contributed by atoms with Gasteiger partial charge in [0.05, 0.1) is 6.61 Å². The van der Waals surface area contributed by atoms with Gasteiger partial charge >= 0.3 is 0 Å². The smallest absolute Gasteiger partial charge is 0.0589 e. The average molecular weight is 228 g/mol. The number of rotatable bonds is 9. The molecule has 1 rings (SSSR count). The van der Waals surface area contributed by atoms with E-state index in [1.165, 1.54) is 12.8 Å². The van der Waals surface area contributed by atoms with E-state index in [1.807, 2.05) is 0 Å². The summed E-state index contributed by atoms with van der Waals surface area (Å²) >= 11 is 0. The summed E-state index contributed by atoms with van der Waals surface area (Å²) in [4.78, 5) is 2.57. The van der Waals surface area contributed by atoms with Crippen molar-refractivity contribution in [2.45, 2.75) is 45.7 Å². The van der Waals surface area contributed by atoms with Crippen LogP contribution in [0, 0.1) is 5.92 Å². The van der Waals surface area contributed by atoms with Crippen LogP contribution in [0.4, 0.5) is 0 Å². The van der Waals surface area contributed by atoms with Crippen LogP contribution in [0.3, 0.4) is 0 Å². The van der Waals surface area contributed by atoms with Crippen LogP contribution in [0.25, 0.3) is 0 Å². The first-order valence-electron chi connectivity index (χ1n) is 6.61. The molecular weight excluding hydrogens is 200 g/mol. The lowest BCUT2D eigenvalue weighted by Crippen LogP contribution is -2.42. The first-order chi connectivity index (χ1) is 7.65. The summed E-state index contributed by atoms with van der Waals surface area (Å²) in [5.74, 6) is 0.941. The predicted octanol–water partition coefficient (Wildman–Crippen LogP) is 1.73. The second-order valence-corrected chi connectivity index (χ2v) is 5.22. The molecule has 0 aliphatic heterocycles. The molecule has 0 saturated heterocycles. The Morgan fingerprint density at radius 3 is 2.44 bits per heavy atom. The topological polar surface area (TPSA) is 24.5 Å². The van der Waals surface area contributed by atoms with E-state index in [4.69, 9.17) is 4.74 Å². The fourth-order valence-corrected chi connectivity index (χ4v) is 2.10. The first kappa shape index (κ1) is 13.9. The molecule has 0 aromatic heterocycles. The van der Waals surface area contributed by atoms with Crippen molar-refractivity contribution in [3.05, 3.63) is 0 Å². The summed E-state index contributed by atoms with van der Waals surface area (Å²) in [6, 6.07) is 1.31. The maximum atomic E-state index is 5.19. The molecule has 16 heavy (non-hydrogen) atoms. The normalized spacial score (nSPS) is 18.4. The Labute approximate surface area is 101 Å². The number of hydrogen-bond donors (Lipinski definition) is 1. The van der Waals surface area contributed by atoms with Gasteiger partial charge in [0.1, 0.15) is 0 Å². The molecule has 0 bridgehead atoms. The Morgan fingerprint density at radius 1 is 1.25 bits per heavy atom. The van der Waals surface area contributed by atoms with Crippen LogP contribution >= 0.6 is 0 Å². The monoisotopic (exact) mass is 228 g/mol. The van der Waals surface area contributed by atoms with Gasteiger partial charge in [-0.05, 0) is 25.7 Å². The maximum absolute atomic E-state index is 5.19. The lowest BCUT2D eigenvalue weighted by Gasteiger charge is -2.29. The Balaban J connectivity index is 2.24. The fourth-order valence-electron chi connectivity index (χ4n) is 2.10. The highest BCUT2D eigenvalue weighted by molar-refractivity contribution is 4.85. The Morgan fingerprint density at radius 2 is 1.94 bits per heavy atom. The molecule has 3 nitrogen and oxygen atoms in total. The molecule has 1 unspecified atom stereocenters. The van der Waals surface area contributed by atoms with Gasteiger partial charge in [-0.25, -0.2) is 0 Å². The van der Waals surface area contributed by atoms with E-state index in [2.05, 4.69) is 31.0 Å². The molecule has 0 aromatic carbocycles. The highest BCUT2D eigenvalue weighted by atomic mass is 16.5. The summed E-state index contributed by atoms with van der Waals surface area (Å²) in [7, 11) is 1.78. The fraction of sp³-hybridized carbons (Fsp3) is 1.00. The minimum absolute atomic E-state index is 0.584. The van der Waals surface area contributed by atoms with E-state index in [1.54, 1.807) is 7.11 Å². The molecule has 0 aromatic rings. The third kappa shape index (κ3) is 5.28. The molecule has 1 fully saturated rings. The molecule has 1 N–H and O–H groups in total. The van der Waals surface area contributed by atoms with Crippen molar-refractivity contribution < 1.29 is 4.74 Å². The molecular formula is C13H28N2O. The molecule has 0 spiro atoms. The van der Waals surface area contributed by atoms with Crippen molar-refractivity contribution in [3.63, 3.8) is 0 Å². The van der Waals surface area contributed by atoms with Gasteiger partial charge in [0.15, 0.2) is 0 Å². The standard InChI is InChI=1S/C13H28N2O/c1-11(2)14-7-8-15(9-10-16-4)12(3)13-5-6-13/h11-14H,5-10H2,1-4H3. The van der Waals surface area contributed by atoms with Crippen molar-refractivity contribution in [2.24, 2.45) is 5.92 Å². The van der Waals surface area contributed by atoms with E-state index in [0.717, 1.165) is 38.2 Å². The van der Waals surface area contributed by atoms with Crippen molar-refractivity contribution in [1.29, 1.82) is 0 Å². The molecule has 3 heteroatoms. The first-order valence-corrected chi connectivity index (χ1v) is 6.61. The van der Waals surface area contributed by atoms with Crippen molar-refractivity contribution in [3.8, 4) is 0 Å². The predicted molar refractivity (Wildman–Crippen MR) is 68.8 cm³/mol. The van der Waals surface area contributed by atoms with Gasteiger partial charge < -0.3 is 10.1 Å². The van der Waals surface area contributed by atoms with Gasteiger partial charge in [-0.1, -0.05) is 13.8 Å². The van der Waals surface area contributed by atoms with Crippen molar-refractivity contribution in [2.75, 3.05) is 33.4 Å². The number of methoxy groups -OCH3 is 1. The molecule has 1 saturated carbocycles. The average Bonchev–Trinajstić information content (AvgIpc) is 3.05. The molecule has 1 aliphatic carbocycles. The molecule has 96 valence electrons. The van der Waals surface area contributed by atoms with E-state index < -0.39 is 0 Å². The quantitative estimate of drug-likeness (QED) is 0.650. The van der Waals surface area contributed by atoms with Gasteiger partial charge in [0.25, 0.3) is 0 Å². The second-order valence-electron chi connectivity index (χ2n) is 5.22. The lowest BCUT2D eigenvalue weighted by atomic mass is 10.2. The van der Waals surface area contributed by atoms with Crippen LogP contribution in [-0.2, 0) is 4.74 Å². The number of nitrogens with zero attached hydrogens (tertiary/aromatic N) is 1. The van der Waals surface area contributed by atoms with Gasteiger partial charge in [-0.15, -0.1) is 0 Å².